The van der Waals surface area contributed by atoms with E-state index in [0.717, 1.165) is 23.1 Å². The summed E-state index contributed by atoms with van der Waals surface area (Å²) < 4.78 is 0. The highest BCUT2D eigenvalue weighted by atomic mass is 32.2. The second-order valence-electron chi connectivity index (χ2n) is 7.20. The van der Waals surface area contributed by atoms with Gasteiger partial charge in [-0.15, -0.1) is 11.3 Å². The van der Waals surface area contributed by atoms with Crippen LogP contribution in [-0.4, -0.2) is 20.7 Å². The summed E-state index contributed by atoms with van der Waals surface area (Å²) in [6.45, 7) is 3.26. The number of carbonyl (C=O) groups excluding carboxylic acids is 1. The van der Waals surface area contributed by atoms with E-state index in [-0.39, 0.29) is 5.78 Å². The van der Waals surface area contributed by atoms with E-state index in [1.807, 2.05) is 0 Å². The zero-order valence-corrected chi connectivity index (χ0v) is 18.0. The molecule has 0 radical (unpaired) electrons. The lowest BCUT2D eigenvalue weighted by Crippen LogP contribution is -2.03. The Hall–Kier alpha value is -2.50. The van der Waals surface area contributed by atoms with Crippen LogP contribution >= 0.6 is 23.1 Å². The molecule has 3 heterocycles. The van der Waals surface area contributed by atoms with Crippen LogP contribution in [0.1, 0.15) is 64.1 Å². The molecule has 0 aliphatic heterocycles. The van der Waals surface area contributed by atoms with Crippen molar-refractivity contribution >= 4 is 44.9 Å². The standard InChI is InChI=1S/C21H21N5OS2/c1-11-15(12(2)27)8-13(9-22)20(24-11)28-10-17-25-19(23)18-14-6-4-3-5-7-16(14)29-21(18)26-17/h8H,3-7,10H2,1-2H3,(H2,23,25,26). The van der Waals surface area contributed by atoms with Crippen molar-refractivity contribution in [2.75, 3.05) is 5.73 Å². The van der Waals surface area contributed by atoms with Gasteiger partial charge in [-0.05, 0) is 51.2 Å². The fourth-order valence-corrected chi connectivity index (χ4v) is 5.88. The van der Waals surface area contributed by atoms with E-state index >= 15 is 0 Å². The molecule has 2 N–H and O–H groups in total. The molecule has 1 aliphatic rings. The molecule has 148 valence electrons. The number of anilines is 1. The molecule has 0 spiro atoms. The summed E-state index contributed by atoms with van der Waals surface area (Å²) in [7, 11) is 0. The van der Waals surface area contributed by atoms with Crippen LogP contribution in [0.2, 0.25) is 0 Å². The van der Waals surface area contributed by atoms with Gasteiger partial charge in [0.1, 0.15) is 27.6 Å². The van der Waals surface area contributed by atoms with Crippen LogP contribution in [0, 0.1) is 18.3 Å². The monoisotopic (exact) mass is 423 g/mol. The van der Waals surface area contributed by atoms with Crippen LogP contribution < -0.4 is 5.73 Å². The predicted molar refractivity (Wildman–Crippen MR) is 116 cm³/mol. The van der Waals surface area contributed by atoms with Crippen LogP contribution in [0.5, 0.6) is 0 Å². The van der Waals surface area contributed by atoms with Gasteiger partial charge >= 0.3 is 0 Å². The van der Waals surface area contributed by atoms with Crippen molar-refractivity contribution in [2.45, 2.75) is 56.7 Å². The molecule has 0 saturated carbocycles. The third-order valence-corrected chi connectivity index (χ3v) is 7.33. The minimum absolute atomic E-state index is 0.0953. The van der Waals surface area contributed by atoms with Gasteiger partial charge in [0.2, 0.25) is 0 Å². The molecule has 3 aromatic heterocycles. The minimum atomic E-state index is -0.0953. The maximum absolute atomic E-state index is 11.7. The first kappa shape index (κ1) is 19.8. The van der Waals surface area contributed by atoms with Gasteiger partial charge in [-0.2, -0.15) is 5.26 Å². The summed E-state index contributed by atoms with van der Waals surface area (Å²) in [6, 6.07) is 3.75. The fourth-order valence-electron chi connectivity index (χ4n) is 3.74. The molecular weight excluding hydrogens is 402 g/mol. The fraction of sp³-hybridized carbons (Fsp3) is 0.381. The maximum Gasteiger partial charge on any atom is 0.161 e. The van der Waals surface area contributed by atoms with Crippen molar-refractivity contribution in [2.24, 2.45) is 0 Å². The van der Waals surface area contributed by atoms with Gasteiger partial charge in [-0.1, -0.05) is 18.2 Å². The Morgan fingerprint density at radius 3 is 2.83 bits per heavy atom. The smallest absolute Gasteiger partial charge is 0.161 e. The number of carbonyl (C=O) groups is 1. The Labute approximate surface area is 177 Å². The number of nitrogen functional groups attached to an aromatic ring is 1. The zero-order chi connectivity index (χ0) is 20.5. The number of rotatable bonds is 4. The number of aryl methyl sites for hydroxylation is 3. The highest BCUT2D eigenvalue weighted by Crippen LogP contribution is 2.37. The quantitative estimate of drug-likeness (QED) is 0.371. The zero-order valence-electron chi connectivity index (χ0n) is 16.4. The number of nitrogens with two attached hydrogens (primary N) is 1. The molecule has 3 aromatic rings. The SMILES string of the molecule is CC(=O)c1cc(C#N)c(SCc2nc(N)c3c4c(sc3n2)CCCCC4)nc1C. The summed E-state index contributed by atoms with van der Waals surface area (Å²) in [5, 5.41) is 11.1. The van der Waals surface area contributed by atoms with Gasteiger partial charge in [0.05, 0.1) is 16.7 Å². The van der Waals surface area contributed by atoms with E-state index in [4.69, 9.17) is 10.7 Å². The second kappa shape index (κ2) is 8.09. The highest BCUT2D eigenvalue weighted by Gasteiger charge is 2.20. The molecule has 0 saturated heterocycles. The van der Waals surface area contributed by atoms with Crippen molar-refractivity contribution in [3.63, 3.8) is 0 Å². The maximum atomic E-state index is 11.7. The van der Waals surface area contributed by atoms with E-state index in [9.17, 15) is 10.1 Å². The van der Waals surface area contributed by atoms with E-state index in [1.54, 1.807) is 24.3 Å². The Balaban J connectivity index is 1.63. The molecule has 0 bridgehead atoms. The Bertz CT molecular complexity index is 1160. The molecule has 0 atom stereocenters. The third kappa shape index (κ3) is 3.85. The summed E-state index contributed by atoms with van der Waals surface area (Å²) in [5.41, 5.74) is 9.15. The molecule has 0 fully saturated rings. The number of aromatic nitrogens is 3. The first-order valence-electron chi connectivity index (χ1n) is 9.60. The molecule has 0 amide bonds. The molecule has 8 heteroatoms. The van der Waals surface area contributed by atoms with E-state index < -0.39 is 0 Å². The van der Waals surface area contributed by atoms with Gasteiger partial charge in [-0.3, -0.25) is 4.79 Å². The number of nitrogens with zero attached hydrogens (tertiary/aromatic N) is 4. The number of thiophene rings is 1. The molecule has 4 rings (SSSR count). The van der Waals surface area contributed by atoms with Gasteiger partial charge in [0.25, 0.3) is 0 Å². The summed E-state index contributed by atoms with van der Waals surface area (Å²) >= 11 is 3.13. The number of Topliss-reactive ketones (excluding diaryl/α,β-unsaturated/α-hetero) is 1. The highest BCUT2D eigenvalue weighted by molar-refractivity contribution is 7.98. The van der Waals surface area contributed by atoms with Crippen molar-refractivity contribution in [1.82, 2.24) is 15.0 Å². The van der Waals surface area contributed by atoms with Gasteiger partial charge in [0, 0.05) is 16.1 Å². The molecule has 0 aromatic carbocycles. The van der Waals surface area contributed by atoms with Crippen molar-refractivity contribution in [3.05, 3.63) is 39.2 Å². The lowest BCUT2D eigenvalue weighted by Gasteiger charge is -2.08. The number of thioether (sulfide) groups is 1. The van der Waals surface area contributed by atoms with Crippen LogP contribution in [0.4, 0.5) is 5.82 Å². The Morgan fingerprint density at radius 2 is 2.07 bits per heavy atom. The largest absolute Gasteiger partial charge is 0.383 e. The van der Waals surface area contributed by atoms with Crippen LogP contribution in [-0.2, 0) is 18.6 Å². The van der Waals surface area contributed by atoms with E-state index in [0.29, 0.717) is 39.2 Å². The number of hydrogen-bond acceptors (Lipinski definition) is 8. The Morgan fingerprint density at radius 1 is 1.28 bits per heavy atom. The Kier molecular flexibility index (Phi) is 5.52. The van der Waals surface area contributed by atoms with E-state index in [2.05, 4.69) is 16.0 Å². The topological polar surface area (TPSA) is 106 Å². The third-order valence-electron chi connectivity index (χ3n) is 5.15. The van der Waals surface area contributed by atoms with Crippen LogP contribution in [0.25, 0.3) is 10.2 Å². The van der Waals surface area contributed by atoms with Gasteiger partial charge < -0.3 is 5.73 Å². The number of hydrogen-bond donors (Lipinski definition) is 1. The van der Waals surface area contributed by atoms with Crippen LogP contribution in [0.3, 0.4) is 0 Å². The second-order valence-corrected chi connectivity index (χ2v) is 9.25. The average molecular weight is 424 g/mol. The predicted octanol–water partition coefficient (Wildman–Crippen LogP) is 4.61. The first-order valence-corrected chi connectivity index (χ1v) is 11.4. The minimum Gasteiger partial charge on any atom is -0.383 e. The lowest BCUT2D eigenvalue weighted by atomic mass is 10.1. The average Bonchev–Trinajstić information content (AvgIpc) is 2.88. The summed E-state index contributed by atoms with van der Waals surface area (Å²) in [5.74, 6) is 1.54. The van der Waals surface area contributed by atoms with Crippen molar-refractivity contribution in [1.29, 1.82) is 5.26 Å². The number of ketones is 1. The first-order chi connectivity index (χ1) is 14.0. The van der Waals surface area contributed by atoms with Crippen molar-refractivity contribution in [3.8, 4) is 6.07 Å². The van der Waals surface area contributed by atoms with Gasteiger partial charge in [0.15, 0.2) is 5.78 Å². The van der Waals surface area contributed by atoms with E-state index in [1.165, 1.54) is 48.4 Å². The molecule has 29 heavy (non-hydrogen) atoms. The van der Waals surface area contributed by atoms with Crippen LogP contribution in [0.15, 0.2) is 11.1 Å². The number of pyridine rings is 1. The normalized spacial score (nSPS) is 13.7. The molecule has 1 aliphatic carbocycles. The molecule has 6 nitrogen and oxygen atoms in total. The van der Waals surface area contributed by atoms with Gasteiger partial charge in [-0.25, -0.2) is 15.0 Å². The summed E-state index contributed by atoms with van der Waals surface area (Å²) in [6.07, 6.45) is 5.81. The number of fused-ring (bicyclic) bond motifs is 3. The molecular formula is C21H21N5OS2. The van der Waals surface area contributed by atoms with Crippen molar-refractivity contribution < 1.29 is 4.79 Å². The lowest BCUT2D eigenvalue weighted by molar-refractivity contribution is 0.101. The number of nitriles is 1. The molecule has 0 unspecified atom stereocenters. The summed E-state index contributed by atoms with van der Waals surface area (Å²) in [4.78, 5) is 27.8.